The number of hydrogen-bond acceptors (Lipinski definition) is 6. The largest absolute Gasteiger partial charge is 0.508 e. The first-order valence-electron chi connectivity index (χ1n) is 9.44. The van der Waals surface area contributed by atoms with Crippen molar-refractivity contribution in [2.24, 2.45) is 0 Å². The summed E-state index contributed by atoms with van der Waals surface area (Å²) in [5.41, 5.74) is 1.19. The number of nitrogens with one attached hydrogen (secondary N) is 1. The number of nitrogens with zero attached hydrogens (tertiary/aromatic N) is 3. The lowest BCUT2D eigenvalue weighted by Gasteiger charge is -2.07. The van der Waals surface area contributed by atoms with Crippen LogP contribution in [-0.2, 0) is 11.3 Å². The minimum Gasteiger partial charge on any atom is -0.508 e. The molecule has 0 fully saturated rings. The number of non-ortho nitro benzene ring substituents is 1. The fraction of sp³-hybridized carbons (Fsp3) is 0.0455. The van der Waals surface area contributed by atoms with Gasteiger partial charge >= 0.3 is 0 Å². The van der Waals surface area contributed by atoms with Crippen molar-refractivity contribution in [3.63, 3.8) is 0 Å². The number of carbonyl (C=O) groups excluding carboxylic acids is 2. The van der Waals surface area contributed by atoms with Gasteiger partial charge in [-0.3, -0.25) is 24.7 Å². The smallest absolute Gasteiger partial charge is 0.296 e. The summed E-state index contributed by atoms with van der Waals surface area (Å²) in [5, 5.41) is 23.9. The van der Waals surface area contributed by atoms with Crippen LogP contribution in [0.15, 0.2) is 61.1 Å². The Kier molecular flexibility index (Phi) is 5.99. The minimum absolute atomic E-state index is 0.0325. The number of ketones is 1. The van der Waals surface area contributed by atoms with Crippen LogP contribution in [0.5, 0.6) is 5.75 Å². The van der Waals surface area contributed by atoms with Crippen molar-refractivity contribution in [3.05, 3.63) is 92.3 Å². The number of rotatable bonds is 6. The number of fused-ring (bicyclic) bond motifs is 1. The zero-order valence-corrected chi connectivity index (χ0v) is 18.2. The highest BCUT2D eigenvalue weighted by atomic mass is 35.5. The van der Waals surface area contributed by atoms with Crippen LogP contribution in [0.4, 0.5) is 11.4 Å². The summed E-state index contributed by atoms with van der Waals surface area (Å²) < 4.78 is 1.67. The molecule has 0 aliphatic rings. The van der Waals surface area contributed by atoms with Crippen LogP contribution in [0.2, 0.25) is 10.0 Å². The predicted molar refractivity (Wildman–Crippen MR) is 123 cm³/mol. The van der Waals surface area contributed by atoms with E-state index in [1.807, 2.05) is 0 Å². The van der Waals surface area contributed by atoms with Crippen molar-refractivity contribution < 1.29 is 19.6 Å². The number of carbonyl (C=O) groups is 2. The summed E-state index contributed by atoms with van der Waals surface area (Å²) in [4.78, 5) is 40.1. The van der Waals surface area contributed by atoms with Crippen LogP contribution in [0, 0.1) is 10.1 Å². The average molecular weight is 485 g/mol. The number of phenols is 1. The molecule has 2 heterocycles. The second kappa shape index (κ2) is 8.89. The van der Waals surface area contributed by atoms with E-state index in [1.165, 1.54) is 42.9 Å². The van der Waals surface area contributed by atoms with Gasteiger partial charge in [0.1, 0.15) is 5.75 Å². The molecule has 0 bridgehead atoms. The third-order valence-electron chi connectivity index (χ3n) is 4.88. The van der Waals surface area contributed by atoms with E-state index in [0.29, 0.717) is 16.5 Å². The van der Waals surface area contributed by atoms with Crippen LogP contribution in [0.1, 0.15) is 15.9 Å². The number of halogens is 2. The molecule has 2 aromatic heterocycles. The molecule has 11 heteroatoms. The van der Waals surface area contributed by atoms with Crippen molar-refractivity contribution in [1.29, 1.82) is 0 Å². The van der Waals surface area contributed by atoms with Gasteiger partial charge in [0.25, 0.3) is 17.4 Å². The normalized spacial score (nSPS) is 10.8. The summed E-state index contributed by atoms with van der Waals surface area (Å²) in [6, 6.07) is 10.5. The van der Waals surface area contributed by atoms with E-state index in [0.717, 1.165) is 0 Å². The number of Topliss-reactive ketones (excluding diaryl/α,β-unsaturated/α-hetero) is 1. The zero-order valence-electron chi connectivity index (χ0n) is 16.7. The van der Waals surface area contributed by atoms with Gasteiger partial charge in [-0.05, 0) is 23.8 Å². The van der Waals surface area contributed by atoms with Crippen molar-refractivity contribution in [2.45, 2.75) is 6.54 Å². The fourth-order valence-electron chi connectivity index (χ4n) is 3.39. The Hall–Kier alpha value is -3.95. The summed E-state index contributed by atoms with van der Waals surface area (Å²) >= 11 is 12.0. The van der Waals surface area contributed by atoms with E-state index in [2.05, 4.69) is 10.3 Å². The summed E-state index contributed by atoms with van der Waals surface area (Å²) in [5.74, 6) is -1.96. The lowest BCUT2D eigenvalue weighted by Crippen LogP contribution is -2.23. The number of amides is 1. The van der Waals surface area contributed by atoms with Crippen LogP contribution >= 0.6 is 23.2 Å². The lowest BCUT2D eigenvalue weighted by molar-refractivity contribution is -0.384. The fourth-order valence-corrected chi connectivity index (χ4v) is 3.84. The van der Waals surface area contributed by atoms with E-state index >= 15 is 0 Å². The third-order valence-corrected chi connectivity index (χ3v) is 5.45. The van der Waals surface area contributed by atoms with Gasteiger partial charge in [-0.1, -0.05) is 35.3 Å². The quantitative estimate of drug-likeness (QED) is 0.174. The van der Waals surface area contributed by atoms with Gasteiger partial charge in [0.2, 0.25) is 0 Å². The monoisotopic (exact) mass is 484 g/mol. The maximum absolute atomic E-state index is 13.0. The van der Waals surface area contributed by atoms with Crippen LogP contribution in [0.25, 0.3) is 10.9 Å². The summed E-state index contributed by atoms with van der Waals surface area (Å²) in [6.07, 6.45) is 4.01. The highest BCUT2D eigenvalue weighted by Gasteiger charge is 2.24. The standard InChI is InChI=1S/C22H14Cl2N4O5/c23-17-8-25-9-18(24)20(17)26-22(31)21(30)16-11-27(19-5-4-14(29)7-15(16)19)10-12-2-1-3-13(6-12)28(32)33/h1-9,11,29H,10H2,(H,25,26,31). The Bertz CT molecular complexity index is 1410. The molecule has 0 aliphatic carbocycles. The molecule has 0 unspecified atom stereocenters. The molecule has 0 radical (unpaired) electrons. The van der Waals surface area contributed by atoms with Gasteiger partial charge < -0.3 is 15.0 Å². The molecule has 0 aliphatic heterocycles. The van der Waals surface area contributed by atoms with Crippen molar-refractivity contribution in [2.75, 3.05) is 5.32 Å². The van der Waals surface area contributed by atoms with E-state index in [9.17, 15) is 24.8 Å². The topological polar surface area (TPSA) is 127 Å². The van der Waals surface area contributed by atoms with Gasteiger partial charge in [-0.15, -0.1) is 0 Å². The molecule has 0 saturated heterocycles. The first-order chi connectivity index (χ1) is 15.7. The maximum Gasteiger partial charge on any atom is 0.296 e. The van der Waals surface area contributed by atoms with Gasteiger partial charge in [-0.25, -0.2) is 0 Å². The Labute approximate surface area is 196 Å². The van der Waals surface area contributed by atoms with Crippen LogP contribution < -0.4 is 5.32 Å². The number of nitro groups is 1. The number of nitro benzene ring substituents is 1. The molecule has 9 nitrogen and oxygen atoms in total. The first-order valence-corrected chi connectivity index (χ1v) is 10.2. The second-order valence-electron chi connectivity index (χ2n) is 7.06. The highest BCUT2D eigenvalue weighted by Crippen LogP contribution is 2.30. The summed E-state index contributed by atoms with van der Waals surface area (Å²) in [7, 11) is 0. The molecule has 4 aromatic rings. The number of aromatic hydroxyl groups is 1. The van der Waals surface area contributed by atoms with Crippen molar-refractivity contribution in [1.82, 2.24) is 9.55 Å². The van der Waals surface area contributed by atoms with E-state index in [4.69, 9.17) is 23.2 Å². The van der Waals surface area contributed by atoms with Gasteiger partial charge in [-0.2, -0.15) is 0 Å². The summed E-state index contributed by atoms with van der Waals surface area (Å²) in [6.45, 7) is 0.194. The van der Waals surface area contributed by atoms with E-state index in [1.54, 1.807) is 22.8 Å². The van der Waals surface area contributed by atoms with Gasteiger partial charge in [0, 0.05) is 48.2 Å². The zero-order chi connectivity index (χ0) is 23.7. The number of hydrogen-bond donors (Lipinski definition) is 2. The molecule has 0 spiro atoms. The van der Waals surface area contributed by atoms with Crippen molar-refractivity contribution in [3.8, 4) is 5.75 Å². The second-order valence-corrected chi connectivity index (χ2v) is 7.87. The molecule has 0 atom stereocenters. The highest BCUT2D eigenvalue weighted by molar-refractivity contribution is 6.50. The average Bonchev–Trinajstić information content (AvgIpc) is 3.13. The number of phenolic OH excluding ortho intramolecular Hbond substituents is 1. The number of benzene rings is 2. The Morgan fingerprint density at radius 1 is 1.12 bits per heavy atom. The van der Waals surface area contributed by atoms with Crippen molar-refractivity contribution >= 4 is 57.2 Å². The molecule has 33 heavy (non-hydrogen) atoms. The predicted octanol–water partition coefficient (Wildman–Crippen LogP) is 4.83. The number of pyridine rings is 1. The Morgan fingerprint density at radius 2 is 1.85 bits per heavy atom. The first kappa shape index (κ1) is 22.3. The van der Waals surface area contributed by atoms with Crippen LogP contribution in [0.3, 0.4) is 0 Å². The van der Waals surface area contributed by atoms with E-state index in [-0.39, 0.29) is 39.3 Å². The third kappa shape index (κ3) is 4.50. The molecular weight excluding hydrogens is 471 g/mol. The molecular formula is C22H14Cl2N4O5. The Balaban J connectivity index is 1.71. The molecule has 1 amide bonds. The van der Waals surface area contributed by atoms with E-state index < -0.39 is 16.6 Å². The molecule has 0 saturated carbocycles. The molecule has 2 N–H and O–H groups in total. The number of anilines is 1. The Morgan fingerprint density at radius 3 is 2.55 bits per heavy atom. The molecule has 2 aromatic carbocycles. The SMILES string of the molecule is O=C(Nc1c(Cl)cncc1Cl)C(=O)c1cn(Cc2cccc([N+](=O)[O-])c2)c2ccc(O)cc12. The molecule has 4 rings (SSSR count). The van der Waals surface area contributed by atoms with Crippen LogP contribution in [-0.4, -0.2) is 31.3 Å². The number of aromatic nitrogens is 2. The van der Waals surface area contributed by atoms with Gasteiger partial charge in [0.05, 0.1) is 26.2 Å². The van der Waals surface area contributed by atoms with Gasteiger partial charge in [0.15, 0.2) is 0 Å². The minimum atomic E-state index is -0.984. The molecule has 166 valence electrons. The lowest BCUT2D eigenvalue weighted by atomic mass is 10.1. The maximum atomic E-state index is 13.0.